The molecule has 1 heterocycles. The number of benzene rings is 1. The SMILES string of the molecule is COc1ccc(CN[C@@H]2CCCc3cn(C(C)C)nc32)cc1O. The predicted molar refractivity (Wildman–Crippen MR) is 89.8 cm³/mol. The summed E-state index contributed by atoms with van der Waals surface area (Å²) in [6.45, 7) is 5.01. The number of nitrogens with zero attached hydrogens (tertiary/aromatic N) is 2. The highest BCUT2D eigenvalue weighted by molar-refractivity contribution is 5.41. The summed E-state index contributed by atoms with van der Waals surface area (Å²) in [6.07, 6.45) is 5.59. The molecule has 5 heteroatoms. The average Bonchev–Trinajstić information content (AvgIpc) is 2.98. The molecule has 0 aliphatic heterocycles. The van der Waals surface area contributed by atoms with Crippen molar-refractivity contribution in [2.24, 2.45) is 0 Å². The standard InChI is InChI=1S/C18H25N3O2/c1-12(2)21-11-14-5-4-6-15(18(14)20-21)19-10-13-7-8-17(23-3)16(22)9-13/h7-9,11-12,15,19,22H,4-6,10H2,1-3H3/t15-/m1/s1. The van der Waals surface area contributed by atoms with Crippen molar-refractivity contribution in [3.8, 4) is 11.5 Å². The lowest BCUT2D eigenvalue weighted by Gasteiger charge is -2.22. The van der Waals surface area contributed by atoms with Crippen molar-refractivity contribution < 1.29 is 9.84 Å². The highest BCUT2D eigenvalue weighted by Gasteiger charge is 2.24. The molecule has 0 fully saturated rings. The smallest absolute Gasteiger partial charge is 0.160 e. The van der Waals surface area contributed by atoms with Crippen molar-refractivity contribution in [2.45, 2.75) is 51.7 Å². The first-order valence-corrected chi connectivity index (χ1v) is 8.25. The van der Waals surface area contributed by atoms with E-state index in [1.807, 2.05) is 6.07 Å². The number of aryl methyl sites for hydroxylation is 1. The van der Waals surface area contributed by atoms with Crippen LogP contribution in [0.25, 0.3) is 0 Å². The van der Waals surface area contributed by atoms with Gasteiger partial charge in [-0.05, 0) is 56.4 Å². The Morgan fingerprint density at radius 2 is 2.26 bits per heavy atom. The van der Waals surface area contributed by atoms with E-state index in [0.29, 0.717) is 18.3 Å². The lowest BCUT2D eigenvalue weighted by Crippen LogP contribution is -2.25. The Kier molecular flexibility index (Phi) is 4.57. The minimum absolute atomic E-state index is 0.181. The van der Waals surface area contributed by atoms with Gasteiger partial charge in [-0.25, -0.2) is 0 Å². The summed E-state index contributed by atoms with van der Waals surface area (Å²) in [4.78, 5) is 0. The average molecular weight is 315 g/mol. The molecule has 0 radical (unpaired) electrons. The van der Waals surface area contributed by atoms with Gasteiger partial charge in [-0.2, -0.15) is 5.10 Å². The third-order valence-corrected chi connectivity index (χ3v) is 4.43. The molecule has 124 valence electrons. The largest absolute Gasteiger partial charge is 0.504 e. The molecule has 0 saturated heterocycles. The van der Waals surface area contributed by atoms with Crippen LogP contribution < -0.4 is 10.1 Å². The van der Waals surface area contributed by atoms with E-state index in [2.05, 4.69) is 30.0 Å². The Bertz CT molecular complexity index is 679. The quantitative estimate of drug-likeness (QED) is 0.888. The van der Waals surface area contributed by atoms with E-state index in [1.54, 1.807) is 19.2 Å². The third kappa shape index (κ3) is 3.34. The van der Waals surface area contributed by atoms with Crippen LogP contribution in [0.4, 0.5) is 0 Å². The molecule has 2 N–H and O–H groups in total. The van der Waals surface area contributed by atoms with E-state index in [-0.39, 0.29) is 11.8 Å². The Morgan fingerprint density at radius 1 is 1.43 bits per heavy atom. The van der Waals surface area contributed by atoms with Gasteiger partial charge in [0.1, 0.15) is 0 Å². The Hall–Kier alpha value is -2.01. The maximum absolute atomic E-state index is 9.88. The van der Waals surface area contributed by atoms with Crippen LogP contribution >= 0.6 is 0 Å². The van der Waals surface area contributed by atoms with Gasteiger partial charge >= 0.3 is 0 Å². The first kappa shape index (κ1) is 15.9. The molecule has 23 heavy (non-hydrogen) atoms. The second-order valence-corrected chi connectivity index (χ2v) is 6.45. The summed E-state index contributed by atoms with van der Waals surface area (Å²) in [6, 6.07) is 6.19. The first-order valence-electron chi connectivity index (χ1n) is 8.25. The van der Waals surface area contributed by atoms with Crippen LogP contribution in [0.3, 0.4) is 0 Å². The number of ether oxygens (including phenoxy) is 1. The molecule has 0 bridgehead atoms. The molecular weight excluding hydrogens is 290 g/mol. The van der Waals surface area contributed by atoms with Gasteiger partial charge in [0.05, 0.1) is 18.8 Å². The van der Waals surface area contributed by atoms with E-state index < -0.39 is 0 Å². The van der Waals surface area contributed by atoms with Gasteiger partial charge in [-0.15, -0.1) is 0 Å². The van der Waals surface area contributed by atoms with Crippen LogP contribution in [-0.4, -0.2) is 22.0 Å². The maximum Gasteiger partial charge on any atom is 0.160 e. The second-order valence-electron chi connectivity index (χ2n) is 6.45. The first-order chi connectivity index (χ1) is 11.1. The monoisotopic (exact) mass is 315 g/mol. The third-order valence-electron chi connectivity index (χ3n) is 4.43. The summed E-state index contributed by atoms with van der Waals surface area (Å²) < 4.78 is 7.14. The van der Waals surface area contributed by atoms with Crippen LogP contribution in [0.5, 0.6) is 11.5 Å². The van der Waals surface area contributed by atoms with Gasteiger partial charge in [0.15, 0.2) is 11.5 Å². The molecule has 3 rings (SSSR count). The topological polar surface area (TPSA) is 59.3 Å². The molecule has 1 aromatic carbocycles. The molecule has 1 aliphatic carbocycles. The molecule has 0 saturated carbocycles. The highest BCUT2D eigenvalue weighted by atomic mass is 16.5. The number of methoxy groups -OCH3 is 1. The lowest BCUT2D eigenvalue weighted by molar-refractivity contribution is 0.372. The van der Waals surface area contributed by atoms with Crippen molar-refractivity contribution in [3.05, 3.63) is 41.2 Å². The minimum Gasteiger partial charge on any atom is -0.504 e. The molecular formula is C18H25N3O2. The number of aromatic nitrogens is 2. The molecule has 1 aromatic heterocycles. The van der Waals surface area contributed by atoms with Crippen LogP contribution in [0, 0.1) is 0 Å². The molecule has 0 amide bonds. The van der Waals surface area contributed by atoms with E-state index in [0.717, 1.165) is 18.4 Å². The van der Waals surface area contributed by atoms with E-state index in [1.165, 1.54) is 17.7 Å². The Balaban J connectivity index is 1.71. The number of phenolic OH excluding ortho intramolecular Hbond substituents is 1. The van der Waals surface area contributed by atoms with Crippen molar-refractivity contribution in [3.63, 3.8) is 0 Å². The molecule has 0 unspecified atom stereocenters. The molecule has 0 spiro atoms. The summed E-state index contributed by atoms with van der Waals surface area (Å²) in [5, 5.41) is 18.2. The van der Waals surface area contributed by atoms with Gasteiger partial charge in [0.25, 0.3) is 0 Å². The second kappa shape index (κ2) is 6.62. The van der Waals surface area contributed by atoms with Crippen molar-refractivity contribution in [1.82, 2.24) is 15.1 Å². The lowest BCUT2D eigenvalue weighted by atomic mass is 9.93. The molecule has 1 aliphatic rings. The van der Waals surface area contributed by atoms with Gasteiger partial charge in [0, 0.05) is 18.8 Å². The number of nitrogens with one attached hydrogen (secondary N) is 1. The van der Waals surface area contributed by atoms with Gasteiger partial charge in [-0.1, -0.05) is 6.07 Å². The fraction of sp³-hybridized carbons (Fsp3) is 0.500. The van der Waals surface area contributed by atoms with Crippen LogP contribution in [0.15, 0.2) is 24.4 Å². The van der Waals surface area contributed by atoms with Crippen molar-refractivity contribution >= 4 is 0 Å². The zero-order valence-electron chi connectivity index (χ0n) is 14.0. The van der Waals surface area contributed by atoms with Crippen molar-refractivity contribution in [2.75, 3.05) is 7.11 Å². The number of rotatable bonds is 5. The number of fused-ring (bicyclic) bond motifs is 1. The van der Waals surface area contributed by atoms with Crippen molar-refractivity contribution in [1.29, 1.82) is 0 Å². The number of phenols is 1. The number of hydrogen-bond acceptors (Lipinski definition) is 4. The number of hydrogen-bond donors (Lipinski definition) is 2. The van der Waals surface area contributed by atoms with Crippen LogP contribution in [0.1, 0.15) is 55.6 Å². The minimum atomic E-state index is 0.181. The Morgan fingerprint density at radius 3 is 2.96 bits per heavy atom. The maximum atomic E-state index is 9.88. The number of aromatic hydroxyl groups is 1. The van der Waals surface area contributed by atoms with E-state index >= 15 is 0 Å². The summed E-state index contributed by atoms with van der Waals surface area (Å²) >= 11 is 0. The zero-order chi connectivity index (χ0) is 16.4. The van der Waals surface area contributed by atoms with Crippen LogP contribution in [0.2, 0.25) is 0 Å². The van der Waals surface area contributed by atoms with Gasteiger partial charge in [0.2, 0.25) is 0 Å². The van der Waals surface area contributed by atoms with Gasteiger partial charge in [-0.3, -0.25) is 4.68 Å². The summed E-state index contributed by atoms with van der Waals surface area (Å²) in [5.41, 5.74) is 3.58. The fourth-order valence-electron chi connectivity index (χ4n) is 3.11. The fourth-order valence-corrected chi connectivity index (χ4v) is 3.11. The normalized spacial score (nSPS) is 17.3. The summed E-state index contributed by atoms with van der Waals surface area (Å²) in [7, 11) is 1.56. The predicted octanol–water partition coefficient (Wildman–Crippen LogP) is 3.35. The summed E-state index contributed by atoms with van der Waals surface area (Å²) in [5.74, 6) is 0.685. The van der Waals surface area contributed by atoms with E-state index in [9.17, 15) is 5.11 Å². The Labute approximate surface area is 137 Å². The van der Waals surface area contributed by atoms with Crippen LogP contribution in [-0.2, 0) is 13.0 Å². The van der Waals surface area contributed by atoms with Gasteiger partial charge < -0.3 is 15.2 Å². The van der Waals surface area contributed by atoms with E-state index in [4.69, 9.17) is 9.84 Å². The molecule has 5 nitrogen and oxygen atoms in total. The molecule has 2 aromatic rings. The zero-order valence-corrected chi connectivity index (χ0v) is 14.0. The molecule has 1 atom stereocenters. The highest BCUT2D eigenvalue weighted by Crippen LogP contribution is 2.30.